The monoisotopic (exact) mass is 431 g/mol. The second-order valence-electron chi connectivity index (χ2n) is 7.36. The molecule has 0 radical (unpaired) electrons. The molecule has 0 aliphatic carbocycles. The van der Waals surface area contributed by atoms with Gasteiger partial charge in [0.25, 0.3) is 11.8 Å². The lowest BCUT2D eigenvalue weighted by atomic mass is 10.0. The minimum atomic E-state index is -4.43. The van der Waals surface area contributed by atoms with Gasteiger partial charge < -0.3 is 14.7 Å². The summed E-state index contributed by atoms with van der Waals surface area (Å²) in [7, 11) is 0. The molecule has 2 aromatic heterocycles. The zero-order valence-corrected chi connectivity index (χ0v) is 16.7. The van der Waals surface area contributed by atoms with Crippen LogP contribution in [0, 0.1) is 6.92 Å². The molecule has 31 heavy (non-hydrogen) atoms. The Morgan fingerprint density at radius 3 is 2.71 bits per heavy atom. The molecule has 4 rings (SSSR count). The first-order chi connectivity index (χ1) is 14.8. The summed E-state index contributed by atoms with van der Waals surface area (Å²) in [5.74, 6) is 0.929. The number of aryl methyl sites for hydroxylation is 1. The lowest BCUT2D eigenvalue weighted by Gasteiger charge is -2.33. The van der Waals surface area contributed by atoms with Crippen molar-refractivity contribution in [2.24, 2.45) is 0 Å². The predicted octanol–water partition coefficient (Wildman–Crippen LogP) is 4.18. The highest BCUT2D eigenvalue weighted by molar-refractivity contribution is 6.00. The van der Waals surface area contributed by atoms with Gasteiger partial charge in [-0.15, -0.1) is 0 Å². The zero-order valence-electron chi connectivity index (χ0n) is 16.7. The van der Waals surface area contributed by atoms with Gasteiger partial charge in [-0.1, -0.05) is 17.3 Å². The second-order valence-corrected chi connectivity index (χ2v) is 7.36. The Labute approximate surface area is 176 Å². The zero-order chi connectivity index (χ0) is 22.0. The number of carbonyl (C=O) groups excluding carboxylic acids is 1. The van der Waals surface area contributed by atoms with E-state index in [0.717, 1.165) is 25.1 Å². The average Bonchev–Trinajstić information content (AvgIpc) is 3.19. The Bertz CT molecular complexity index is 1070. The van der Waals surface area contributed by atoms with Crippen molar-refractivity contribution in [2.45, 2.75) is 32.0 Å². The minimum absolute atomic E-state index is 0.125. The smallest absolute Gasteiger partial charge is 0.366 e. The van der Waals surface area contributed by atoms with Crippen molar-refractivity contribution in [3.8, 4) is 11.5 Å². The Hall–Kier alpha value is -3.43. The molecule has 1 aliphatic heterocycles. The van der Waals surface area contributed by atoms with E-state index in [1.807, 2.05) is 0 Å². The number of nitrogens with zero attached hydrogens (tertiary/aromatic N) is 4. The molecular weight excluding hydrogens is 411 g/mol. The van der Waals surface area contributed by atoms with Gasteiger partial charge in [0.05, 0.1) is 16.7 Å². The molecule has 3 aromatic rings. The van der Waals surface area contributed by atoms with Crippen LogP contribution in [0.3, 0.4) is 0 Å². The van der Waals surface area contributed by atoms with Crippen LogP contribution in [0.2, 0.25) is 0 Å². The van der Waals surface area contributed by atoms with Crippen molar-refractivity contribution in [1.82, 2.24) is 20.0 Å². The molecule has 3 heterocycles. The molecule has 1 amide bonds. The van der Waals surface area contributed by atoms with Crippen molar-refractivity contribution in [3.63, 3.8) is 0 Å². The van der Waals surface area contributed by atoms with Crippen LogP contribution < -0.4 is 5.32 Å². The average molecular weight is 431 g/mol. The lowest BCUT2D eigenvalue weighted by Crippen LogP contribution is -2.45. The summed E-state index contributed by atoms with van der Waals surface area (Å²) in [5.41, 5.74) is 0.221. The van der Waals surface area contributed by atoms with Gasteiger partial charge in [0, 0.05) is 25.3 Å². The number of likely N-dealkylation sites (tertiary alicyclic amines) is 1. The van der Waals surface area contributed by atoms with E-state index in [4.69, 9.17) is 4.52 Å². The SMILES string of the molecule is Cc1noc(-c2ccccc2C(=O)N2CCCC(Nc3ccc(C(F)(F)F)cn3)C2)n1. The molecule has 162 valence electrons. The summed E-state index contributed by atoms with van der Waals surface area (Å²) in [6.07, 6.45) is -2.09. The van der Waals surface area contributed by atoms with E-state index in [1.54, 1.807) is 36.1 Å². The highest BCUT2D eigenvalue weighted by Gasteiger charge is 2.31. The third-order valence-electron chi connectivity index (χ3n) is 5.07. The van der Waals surface area contributed by atoms with E-state index >= 15 is 0 Å². The van der Waals surface area contributed by atoms with Gasteiger partial charge in [-0.05, 0) is 44.0 Å². The molecule has 1 fully saturated rings. The minimum Gasteiger partial charge on any atom is -0.366 e. The summed E-state index contributed by atoms with van der Waals surface area (Å²) in [4.78, 5) is 23.0. The highest BCUT2D eigenvalue weighted by atomic mass is 19.4. The number of halogens is 3. The number of amides is 1. The van der Waals surface area contributed by atoms with Gasteiger partial charge >= 0.3 is 6.18 Å². The van der Waals surface area contributed by atoms with E-state index in [0.29, 0.717) is 35.9 Å². The molecule has 1 unspecified atom stereocenters. The summed E-state index contributed by atoms with van der Waals surface area (Å²) >= 11 is 0. The van der Waals surface area contributed by atoms with Crippen molar-refractivity contribution in [2.75, 3.05) is 18.4 Å². The van der Waals surface area contributed by atoms with E-state index in [1.165, 1.54) is 6.07 Å². The molecular formula is C21H20F3N5O2. The maximum atomic E-state index is 13.2. The molecule has 0 bridgehead atoms. The van der Waals surface area contributed by atoms with E-state index < -0.39 is 11.7 Å². The number of carbonyl (C=O) groups is 1. The molecule has 1 atom stereocenters. The van der Waals surface area contributed by atoms with Gasteiger partial charge in [0.1, 0.15) is 5.82 Å². The van der Waals surface area contributed by atoms with E-state index in [2.05, 4.69) is 20.4 Å². The maximum absolute atomic E-state index is 13.2. The first kappa shape index (κ1) is 20.8. The molecule has 10 heteroatoms. The van der Waals surface area contributed by atoms with Crippen molar-refractivity contribution in [3.05, 3.63) is 59.5 Å². The van der Waals surface area contributed by atoms with Gasteiger partial charge in [0.2, 0.25) is 0 Å². The maximum Gasteiger partial charge on any atom is 0.417 e. The van der Waals surface area contributed by atoms with Crippen LogP contribution in [0.15, 0.2) is 47.1 Å². The number of piperidine rings is 1. The van der Waals surface area contributed by atoms with Gasteiger partial charge in [0.15, 0.2) is 5.82 Å². The number of alkyl halides is 3. The Balaban J connectivity index is 1.47. The van der Waals surface area contributed by atoms with Crippen LogP contribution in [-0.4, -0.2) is 45.1 Å². The fraction of sp³-hybridized carbons (Fsp3) is 0.333. The Kier molecular flexibility index (Phi) is 5.62. The van der Waals surface area contributed by atoms with Crippen molar-refractivity contribution < 1.29 is 22.5 Å². The predicted molar refractivity (Wildman–Crippen MR) is 106 cm³/mol. The first-order valence-electron chi connectivity index (χ1n) is 9.80. The van der Waals surface area contributed by atoms with Gasteiger partial charge in [-0.25, -0.2) is 4.98 Å². The van der Waals surface area contributed by atoms with Crippen LogP contribution in [0.25, 0.3) is 11.5 Å². The number of pyridine rings is 1. The quantitative estimate of drug-likeness (QED) is 0.667. The number of rotatable bonds is 4. The Morgan fingerprint density at radius 1 is 1.23 bits per heavy atom. The number of aromatic nitrogens is 3. The fourth-order valence-electron chi connectivity index (χ4n) is 3.57. The lowest BCUT2D eigenvalue weighted by molar-refractivity contribution is -0.137. The van der Waals surface area contributed by atoms with Gasteiger partial charge in [-0.2, -0.15) is 18.2 Å². The molecule has 1 saturated heterocycles. The molecule has 1 aliphatic rings. The number of benzene rings is 1. The molecule has 1 N–H and O–H groups in total. The largest absolute Gasteiger partial charge is 0.417 e. The fourth-order valence-corrected chi connectivity index (χ4v) is 3.57. The van der Waals surface area contributed by atoms with Crippen LogP contribution in [0.4, 0.5) is 19.0 Å². The topological polar surface area (TPSA) is 84.2 Å². The van der Waals surface area contributed by atoms with Crippen molar-refractivity contribution >= 4 is 11.7 Å². The normalized spacial score (nSPS) is 16.9. The summed E-state index contributed by atoms with van der Waals surface area (Å²) < 4.78 is 43.4. The number of anilines is 1. The third-order valence-corrected chi connectivity index (χ3v) is 5.07. The molecule has 7 nitrogen and oxygen atoms in total. The van der Waals surface area contributed by atoms with E-state index in [9.17, 15) is 18.0 Å². The van der Waals surface area contributed by atoms with Gasteiger partial charge in [-0.3, -0.25) is 4.79 Å². The van der Waals surface area contributed by atoms with Crippen LogP contribution in [0.5, 0.6) is 0 Å². The molecule has 0 saturated carbocycles. The number of hydrogen-bond acceptors (Lipinski definition) is 6. The van der Waals surface area contributed by atoms with Crippen LogP contribution in [-0.2, 0) is 6.18 Å². The summed E-state index contributed by atoms with van der Waals surface area (Å²) in [6.45, 7) is 2.68. The van der Waals surface area contributed by atoms with Crippen LogP contribution in [0.1, 0.15) is 34.6 Å². The number of hydrogen-bond donors (Lipinski definition) is 1. The standard InChI is InChI=1S/C21H20F3N5O2/c1-13-26-19(31-28-13)16-6-2-3-7-17(16)20(30)29-10-4-5-15(12-29)27-18-9-8-14(11-25-18)21(22,23)24/h2-3,6-9,11,15H,4-5,10,12H2,1H3,(H,25,27). The summed E-state index contributed by atoms with van der Waals surface area (Å²) in [6, 6.07) is 9.20. The summed E-state index contributed by atoms with van der Waals surface area (Å²) in [5, 5.41) is 6.92. The second kappa shape index (κ2) is 8.37. The Morgan fingerprint density at radius 2 is 2.03 bits per heavy atom. The molecule has 0 spiro atoms. The highest BCUT2D eigenvalue weighted by Crippen LogP contribution is 2.29. The van der Waals surface area contributed by atoms with Crippen LogP contribution >= 0.6 is 0 Å². The third kappa shape index (κ3) is 4.68. The first-order valence-corrected chi connectivity index (χ1v) is 9.80. The molecule has 1 aromatic carbocycles. The number of nitrogens with one attached hydrogen (secondary N) is 1. The van der Waals surface area contributed by atoms with Crippen molar-refractivity contribution in [1.29, 1.82) is 0 Å². The van der Waals surface area contributed by atoms with E-state index in [-0.39, 0.29) is 17.8 Å².